The largest absolute Gasteiger partial charge is 0.357 e. The lowest BCUT2D eigenvalue weighted by molar-refractivity contribution is 0.0954. The van der Waals surface area contributed by atoms with E-state index in [0.717, 1.165) is 11.6 Å². The highest BCUT2D eigenvalue weighted by Crippen LogP contribution is 2.11. The zero-order valence-corrected chi connectivity index (χ0v) is 18.6. The number of hydrogen-bond donors (Lipinski definition) is 3. The molecule has 0 aliphatic carbocycles. The first-order valence-corrected chi connectivity index (χ1v) is 9.25. The summed E-state index contributed by atoms with van der Waals surface area (Å²) >= 11 is 7.46. The van der Waals surface area contributed by atoms with Crippen LogP contribution < -0.4 is 16.0 Å². The molecule has 0 spiro atoms. The Labute approximate surface area is 179 Å². The van der Waals surface area contributed by atoms with E-state index >= 15 is 0 Å². The molecule has 2 rings (SSSR count). The molecule has 0 bridgehead atoms. The summed E-state index contributed by atoms with van der Waals surface area (Å²) in [7, 11) is 0. The number of nitrogens with zero attached hydrogens (tertiary/aromatic N) is 2. The number of guanidine groups is 1. The fourth-order valence-corrected chi connectivity index (χ4v) is 2.86. The van der Waals surface area contributed by atoms with Crippen LogP contribution in [0.1, 0.15) is 27.2 Å². The van der Waals surface area contributed by atoms with E-state index in [9.17, 15) is 4.79 Å². The van der Waals surface area contributed by atoms with Crippen molar-refractivity contribution in [2.24, 2.45) is 4.99 Å². The van der Waals surface area contributed by atoms with Crippen molar-refractivity contribution in [2.75, 3.05) is 19.6 Å². The Hall–Kier alpha value is -1.39. The first-order chi connectivity index (χ1) is 12.1. The van der Waals surface area contributed by atoms with Crippen LogP contribution in [0.4, 0.5) is 0 Å². The van der Waals surface area contributed by atoms with Gasteiger partial charge in [-0.3, -0.25) is 4.79 Å². The van der Waals surface area contributed by atoms with E-state index in [4.69, 9.17) is 11.6 Å². The molecule has 2 aromatic rings. The summed E-state index contributed by atoms with van der Waals surface area (Å²) in [6, 6.07) is 6.80. The van der Waals surface area contributed by atoms with Crippen molar-refractivity contribution in [1.29, 1.82) is 0 Å². The number of aryl methyl sites for hydroxylation is 1. The lowest BCUT2D eigenvalue weighted by atomic mass is 10.2. The van der Waals surface area contributed by atoms with Crippen LogP contribution in [0.15, 0.2) is 35.5 Å². The van der Waals surface area contributed by atoms with Crippen LogP contribution in [-0.2, 0) is 6.54 Å². The molecule has 0 saturated carbocycles. The van der Waals surface area contributed by atoms with Gasteiger partial charge in [-0.2, -0.15) is 0 Å². The molecule has 1 amide bonds. The van der Waals surface area contributed by atoms with Crippen molar-refractivity contribution < 1.29 is 4.79 Å². The van der Waals surface area contributed by atoms with E-state index in [1.807, 2.05) is 20.0 Å². The van der Waals surface area contributed by atoms with Crippen molar-refractivity contribution in [3.05, 3.63) is 50.9 Å². The van der Waals surface area contributed by atoms with E-state index in [1.54, 1.807) is 35.6 Å². The first kappa shape index (κ1) is 22.7. The number of carbonyl (C=O) groups excluding carboxylic acids is 1. The van der Waals surface area contributed by atoms with Gasteiger partial charge in [-0.15, -0.1) is 35.3 Å². The van der Waals surface area contributed by atoms with Crippen LogP contribution >= 0.6 is 46.9 Å². The standard InChI is InChI=1S/C17H22ClN5OS.HI/c1-3-19-17(23-11-15-22-10-12(2)25-15)21-9-8-20-16(24)13-4-6-14(18)7-5-13;/h4-7,10H,3,8-9,11H2,1-2H3,(H,20,24)(H2,19,21,23);1H. The Bertz CT molecular complexity index is 720. The summed E-state index contributed by atoms with van der Waals surface area (Å²) in [6.45, 7) is 6.39. The van der Waals surface area contributed by atoms with Crippen molar-refractivity contribution in [2.45, 2.75) is 20.4 Å². The van der Waals surface area contributed by atoms with Crippen LogP contribution in [0, 0.1) is 6.92 Å². The fourth-order valence-electron chi connectivity index (χ4n) is 2.02. The van der Waals surface area contributed by atoms with Crippen molar-refractivity contribution in [1.82, 2.24) is 20.9 Å². The molecule has 1 heterocycles. The molecule has 0 radical (unpaired) electrons. The highest BCUT2D eigenvalue weighted by atomic mass is 127. The number of amides is 1. The second kappa shape index (κ2) is 12.1. The molecule has 9 heteroatoms. The summed E-state index contributed by atoms with van der Waals surface area (Å²) in [5.74, 6) is 0.578. The smallest absolute Gasteiger partial charge is 0.251 e. The Morgan fingerprint density at radius 3 is 2.50 bits per heavy atom. The lowest BCUT2D eigenvalue weighted by Crippen LogP contribution is -2.41. The first-order valence-electron chi connectivity index (χ1n) is 8.05. The van der Waals surface area contributed by atoms with Crippen LogP contribution in [0.2, 0.25) is 5.02 Å². The summed E-state index contributed by atoms with van der Waals surface area (Å²) in [4.78, 5) is 22.0. The lowest BCUT2D eigenvalue weighted by Gasteiger charge is -2.11. The van der Waals surface area contributed by atoms with Crippen molar-refractivity contribution in [3.63, 3.8) is 0 Å². The third kappa shape index (κ3) is 7.88. The van der Waals surface area contributed by atoms with Crippen LogP contribution in [0.25, 0.3) is 0 Å². The molecule has 0 aliphatic heterocycles. The fraction of sp³-hybridized carbons (Fsp3) is 0.353. The summed E-state index contributed by atoms with van der Waals surface area (Å²) in [5, 5.41) is 10.8. The van der Waals surface area contributed by atoms with Gasteiger partial charge in [0.05, 0.1) is 6.54 Å². The van der Waals surface area contributed by atoms with Gasteiger partial charge in [-0.05, 0) is 38.1 Å². The number of rotatable bonds is 7. The zero-order chi connectivity index (χ0) is 18.1. The molecular weight excluding hydrogens is 485 g/mol. The molecule has 26 heavy (non-hydrogen) atoms. The van der Waals surface area contributed by atoms with Crippen LogP contribution in [0.3, 0.4) is 0 Å². The number of carbonyl (C=O) groups is 1. The Balaban J connectivity index is 0.00000338. The monoisotopic (exact) mass is 507 g/mol. The summed E-state index contributed by atoms with van der Waals surface area (Å²) in [6.07, 6.45) is 1.85. The van der Waals surface area contributed by atoms with E-state index < -0.39 is 0 Å². The van der Waals surface area contributed by atoms with E-state index in [1.165, 1.54) is 4.88 Å². The number of aromatic nitrogens is 1. The minimum atomic E-state index is -0.126. The van der Waals surface area contributed by atoms with Gasteiger partial charge < -0.3 is 16.0 Å². The molecule has 3 N–H and O–H groups in total. The van der Waals surface area contributed by atoms with Gasteiger partial charge in [0, 0.05) is 41.3 Å². The van der Waals surface area contributed by atoms with Crippen LogP contribution in [-0.4, -0.2) is 36.5 Å². The number of thiazole rings is 1. The number of halogens is 2. The Morgan fingerprint density at radius 1 is 1.19 bits per heavy atom. The van der Waals surface area contributed by atoms with E-state index in [2.05, 4.69) is 25.9 Å². The van der Waals surface area contributed by atoms with Gasteiger partial charge in [-0.1, -0.05) is 11.6 Å². The number of nitrogens with one attached hydrogen (secondary N) is 3. The van der Waals surface area contributed by atoms with E-state index in [0.29, 0.717) is 36.2 Å². The second-order valence-electron chi connectivity index (χ2n) is 5.25. The normalized spacial score (nSPS) is 10.8. The molecule has 0 fully saturated rings. The third-order valence-corrected chi connectivity index (χ3v) is 4.34. The average molecular weight is 508 g/mol. The summed E-state index contributed by atoms with van der Waals surface area (Å²) in [5.41, 5.74) is 0.587. The van der Waals surface area contributed by atoms with Gasteiger partial charge in [0.2, 0.25) is 0 Å². The highest BCUT2D eigenvalue weighted by Gasteiger charge is 2.05. The molecule has 6 nitrogen and oxygen atoms in total. The molecule has 0 unspecified atom stereocenters. The van der Waals surface area contributed by atoms with Gasteiger partial charge in [-0.25, -0.2) is 9.98 Å². The van der Waals surface area contributed by atoms with Gasteiger partial charge in [0.1, 0.15) is 5.01 Å². The van der Waals surface area contributed by atoms with Gasteiger partial charge >= 0.3 is 0 Å². The minimum Gasteiger partial charge on any atom is -0.357 e. The minimum absolute atomic E-state index is 0. The topological polar surface area (TPSA) is 78.4 Å². The Morgan fingerprint density at radius 2 is 1.88 bits per heavy atom. The molecule has 0 atom stereocenters. The zero-order valence-electron chi connectivity index (χ0n) is 14.7. The van der Waals surface area contributed by atoms with Crippen molar-refractivity contribution >= 4 is 58.8 Å². The predicted octanol–water partition coefficient (Wildman–Crippen LogP) is 3.21. The number of hydrogen-bond acceptors (Lipinski definition) is 4. The molecule has 1 aromatic heterocycles. The molecular formula is C17H23ClIN5OS. The third-order valence-electron chi connectivity index (χ3n) is 3.20. The molecule has 1 aromatic carbocycles. The van der Waals surface area contributed by atoms with Crippen LogP contribution in [0.5, 0.6) is 0 Å². The number of aliphatic imine (C=N–C) groups is 1. The quantitative estimate of drug-likeness (QED) is 0.233. The Kier molecular flexibility index (Phi) is 10.5. The van der Waals surface area contributed by atoms with Gasteiger partial charge in [0.15, 0.2) is 5.96 Å². The highest BCUT2D eigenvalue weighted by molar-refractivity contribution is 14.0. The second-order valence-corrected chi connectivity index (χ2v) is 7.01. The van der Waals surface area contributed by atoms with Gasteiger partial charge in [0.25, 0.3) is 5.91 Å². The maximum Gasteiger partial charge on any atom is 0.251 e. The molecule has 0 aliphatic rings. The average Bonchev–Trinajstić information content (AvgIpc) is 3.02. The maximum absolute atomic E-state index is 12.0. The maximum atomic E-state index is 12.0. The molecule has 142 valence electrons. The molecule has 0 saturated heterocycles. The SMILES string of the molecule is CCNC(=NCc1ncc(C)s1)NCCNC(=O)c1ccc(Cl)cc1.I. The predicted molar refractivity (Wildman–Crippen MR) is 119 cm³/mol. The number of benzene rings is 1. The van der Waals surface area contributed by atoms with Crippen molar-refractivity contribution in [3.8, 4) is 0 Å². The summed E-state index contributed by atoms with van der Waals surface area (Å²) < 4.78 is 0. The van der Waals surface area contributed by atoms with E-state index in [-0.39, 0.29) is 29.9 Å².